The molecule has 0 saturated carbocycles. The average Bonchev–Trinajstić information content (AvgIpc) is 2.88. The van der Waals surface area contributed by atoms with Crippen LogP contribution in [-0.2, 0) is 11.3 Å². The van der Waals surface area contributed by atoms with E-state index in [1.807, 2.05) is 35.8 Å². The zero-order valence-corrected chi connectivity index (χ0v) is 15.4. The molecule has 1 aromatic carbocycles. The van der Waals surface area contributed by atoms with Crippen molar-refractivity contribution in [2.75, 3.05) is 6.54 Å². The molecule has 2 rings (SSSR count). The molecule has 0 saturated heterocycles. The van der Waals surface area contributed by atoms with Gasteiger partial charge < -0.3 is 15.6 Å². The minimum absolute atomic E-state index is 0. The van der Waals surface area contributed by atoms with Gasteiger partial charge in [-0.1, -0.05) is 26.0 Å². The number of benzene rings is 1. The summed E-state index contributed by atoms with van der Waals surface area (Å²) in [6.07, 6.45) is 2.20. The molecule has 1 heterocycles. The van der Waals surface area contributed by atoms with Crippen molar-refractivity contribution in [1.29, 1.82) is 0 Å². The van der Waals surface area contributed by atoms with E-state index in [9.17, 15) is 4.79 Å². The van der Waals surface area contributed by atoms with E-state index in [2.05, 4.69) is 24.1 Å². The van der Waals surface area contributed by atoms with E-state index in [1.165, 1.54) is 0 Å². The molecule has 0 aliphatic heterocycles. The summed E-state index contributed by atoms with van der Waals surface area (Å²) in [5, 5.41) is 3.06. The second-order valence-electron chi connectivity index (χ2n) is 6.00. The largest absolute Gasteiger partial charge is 0.349 e. The molecule has 0 spiro atoms. The number of nitrogens with one attached hydrogen (secondary N) is 1. The van der Waals surface area contributed by atoms with Gasteiger partial charge in [-0.25, -0.2) is 4.98 Å². The zero-order valence-electron chi connectivity index (χ0n) is 13.8. The molecule has 1 unspecified atom stereocenters. The molecule has 1 atom stereocenters. The lowest BCUT2D eigenvalue weighted by Crippen LogP contribution is -2.55. The van der Waals surface area contributed by atoms with Crippen molar-refractivity contribution in [3.63, 3.8) is 0 Å². The van der Waals surface area contributed by atoms with Gasteiger partial charge in [0.1, 0.15) is 0 Å². The summed E-state index contributed by atoms with van der Waals surface area (Å²) in [6.45, 7) is 7.17. The number of aryl methyl sites for hydroxylation is 1. The fourth-order valence-corrected chi connectivity index (χ4v) is 2.22. The van der Waals surface area contributed by atoms with Crippen molar-refractivity contribution in [2.45, 2.75) is 39.3 Å². The van der Waals surface area contributed by atoms with Gasteiger partial charge in [0.2, 0.25) is 5.91 Å². The maximum absolute atomic E-state index is 12.2. The molecule has 0 bridgehead atoms. The number of halogens is 2. The van der Waals surface area contributed by atoms with E-state index in [0.717, 1.165) is 11.0 Å². The summed E-state index contributed by atoms with van der Waals surface area (Å²) in [5.41, 5.74) is 7.44. The molecule has 130 valence electrons. The molecular weight excluding hydrogens is 335 g/mol. The Hall–Kier alpha value is -1.30. The molecule has 3 N–H and O–H groups in total. The lowest BCUT2D eigenvalue weighted by Gasteiger charge is -2.33. The van der Waals surface area contributed by atoms with Crippen molar-refractivity contribution in [3.8, 4) is 0 Å². The molecule has 0 aliphatic rings. The monoisotopic (exact) mass is 360 g/mol. The number of para-hydroxylation sites is 2. The summed E-state index contributed by atoms with van der Waals surface area (Å²) in [5.74, 6) is 0.315. The quantitative estimate of drug-likeness (QED) is 0.831. The molecule has 5 nitrogen and oxygen atoms in total. The Morgan fingerprint density at radius 1 is 1.35 bits per heavy atom. The first-order valence-electron chi connectivity index (χ1n) is 7.37. The van der Waals surface area contributed by atoms with Gasteiger partial charge in [0.05, 0.1) is 22.9 Å². The highest BCUT2D eigenvalue weighted by atomic mass is 35.5. The Balaban J connectivity index is 0.00000242. The van der Waals surface area contributed by atoms with Crippen LogP contribution in [0.2, 0.25) is 0 Å². The van der Waals surface area contributed by atoms with Crippen molar-refractivity contribution in [3.05, 3.63) is 30.6 Å². The SMILES string of the molecule is CC(C)C(C)(CN)NC(=O)CCn1cnc2ccccc21.Cl.Cl. The van der Waals surface area contributed by atoms with Gasteiger partial charge in [-0.2, -0.15) is 0 Å². The Morgan fingerprint density at radius 3 is 2.61 bits per heavy atom. The number of hydrogen-bond acceptors (Lipinski definition) is 3. The first-order valence-corrected chi connectivity index (χ1v) is 7.37. The third-order valence-corrected chi connectivity index (χ3v) is 4.23. The normalized spacial score (nSPS) is 13.1. The average molecular weight is 361 g/mol. The minimum atomic E-state index is -0.353. The van der Waals surface area contributed by atoms with Crippen molar-refractivity contribution in [2.24, 2.45) is 11.7 Å². The number of carbonyl (C=O) groups is 1. The van der Waals surface area contributed by atoms with Crippen LogP contribution in [0.3, 0.4) is 0 Å². The second kappa shape index (κ2) is 9.11. The standard InChI is InChI=1S/C16H24N4O.2ClH/c1-12(2)16(3,10-17)19-15(21)8-9-20-11-18-13-6-4-5-7-14(13)20;;/h4-7,11-12H,8-10,17H2,1-3H3,(H,19,21);2*1H. The highest BCUT2D eigenvalue weighted by Gasteiger charge is 2.28. The van der Waals surface area contributed by atoms with Crippen LogP contribution in [0.25, 0.3) is 11.0 Å². The topological polar surface area (TPSA) is 72.9 Å². The molecule has 23 heavy (non-hydrogen) atoms. The first-order chi connectivity index (χ1) is 9.96. The number of rotatable bonds is 6. The smallest absolute Gasteiger partial charge is 0.222 e. The molecule has 0 aliphatic carbocycles. The summed E-state index contributed by atoms with van der Waals surface area (Å²) in [7, 11) is 0. The van der Waals surface area contributed by atoms with Crippen LogP contribution in [-0.4, -0.2) is 27.5 Å². The number of hydrogen-bond donors (Lipinski definition) is 2. The van der Waals surface area contributed by atoms with E-state index in [1.54, 1.807) is 6.33 Å². The van der Waals surface area contributed by atoms with Gasteiger partial charge in [-0.3, -0.25) is 4.79 Å². The summed E-state index contributed by atoms with van der Waals surface area (Å²) in [4.78, 5) is 16.5. The second-order valence-corrected chi connectivity index (χ2v) is 6.00. The molecule has 2 aromatic rings. The van der Waals surface area contributed by atoms with Crippen molar-refractivity contribution < 1.29 is 4.79 Å². The van der Waals surface area contributed by atoms with Gasteiger partial charge in [0, 0.05) is 19.5 Å². The van der Waals surface area contributed by atoms with E-state index in [-0.39, 0.29) is 36.3 Å². The van der Waals surface area contributed by atoms with Gasteiger partial charge >= 0.3 is 0 Å². The van der Waals surface area contributed by atoms with Crippen LogP contribution in [0.15, 0.2) is 30.6 Å². The first kappa shape index (κ1) is 21.7. The predicted octanol–water partition coefficient (Wildman–Crippen LogP) is 2.76. The predicted molar refractivity (Wildman–Crippen MR) is 99.3 cm³/mol. The molecule has 0 fully saturated rings. The van der Waals surface area contributed by atoms with Crippen LogP contribution < -0.4 is 11.1 Å². The fraction of sp³-hybridized carbons (Fsp3) is 0.500. The van der Waals surface area contributed by atoms with E-state index >= 15 is 0 Å². The van der Waals surface area contributed by atoms with Crippen molar-refractivity contribution in [1.82, 2.24) is 14.9 Å². The fourth-order valence-electron chi connectivity index (χ4n) is 2.22. The maximum atomic E-state index is 12.2. The van der Waals surface area contributed by atoms with E-state index < -0.39 is 0 Å². The molecule has 0 radical (unpaired) electrons. The van der Waals surface area contributed by atoms with Crippen molar-refractivity contribution >= 4 is 41.8 Å². The minimum Gasteiger partial charge on any atom is -0.349 e. The van der Waals surface area contributed by atoms with Gasteiger partial charge in [0.25, 0.3) is 0 Å². The van der Waals surface area contributed by atoms with Crippen LogP contribution in [0.1, 0.15) is 27.2 Å². The number of nitrogens with two attached hydrogens (primary N) is 1. The number of amides is 1. The lowest BCUT2D eigenvalue weighted by molar-refractivity contribution is -0.123. The Bertz CT molecular complexity index is 629. The van der Waals surface area contributed by atoms with Gasteiger partial charge in [-0.15, -0.1) is 24.8 Å². The highest BCUT2D eigenvalue weighted by molar-refractivity contribution is 5.85. The van der Waals surface area contributed by atoms with Gasteiger partial charge in [-0.05, 0) is 25.0 Å². The van der Waals surface area contributed by atoms with Crippen LogP contribution in [0.4, 0.5) is 0 Å². The number of fused-ring (bicyclic) bond motifs is 1. The number of aromatic nitrogens is 2. The summed E-state index contributed by atoms with van der Waals surface area (Å²) in [6, 6.07) is 7.92. The zero-order chi connectivity index (χ0) is 15.5. The molecular formula is C16H26Cl2N4O. The highest BCUT2D eigenvalue weighted by Crippen LogP contribution is 2.16. The third kappa shape index (κ3) is 5.09. The Morgan fingerprint density at radius 2 is 2.00 bits per heavy atom. The number of carbonyl (C=O) groups excluding carboxylic acids is 1. The molecule has 1 amide bonds. The van der Waals surface area contributed by atoms with E-state index in [4.69, 9.17) is 5.73 Å². The van der Waals surface area contributed by atoms with E-state index in [0.29, 0.717) is 25.4 Å². The maximum Gasteiger partial charge on any atom is 0.222 e. The summed E-state index contributed by atoms with van der Waals surface area (Å²) < 4.78 is 2.00. The summed E-state index contributed by atoms with van der Waals surface area (Å²) >= 11 is 0. The lowest BCUT2D eigenvalue weighted by atomic mass is 9.88. The van der Waals surface area contributed by atoms with Gasteiger partial charge in [0.15, 0.2) is 0 Å². The Kier molecular flexibility index (Phi) is 8.59. The Labute approximate surface area is 149 Å². The molecule has 7 heteroatoms. The number of nitrogens with zero attached hydrogens (tertiary/aromatic N) is 2. The van der Waals surface area contributed by atoms with Crippen LogP contribution in [0, 0.1) is 5.92 Å². The third-order valence-electron chi connectivity index (χ3n) is 4.23. The van der Waals surface area contributed by atoms with Crippen LogP contribution in [0.5, 0.6) is 0 Å². The van der Waals surface area contributed by atoms with Crippen LogP contribution >= 0.6 is 24.8 Å². The molecule has 1 aromatic heterocycles. The number of imidazole rings is 1.